The Hall–Kier alpha value is -2.30. The first-order valence-electron chi connectivity index (χ1n) is 9.46. The fraction of sp³-hybridized carbons (Fsp3) is 0.318. The molecular weight excluding hydrogens is 499 g/mol. The van der Waals surface area contributed by atoms with Gasteiger partial charge in [-0.25, -0.2) is 4.90 Å². The van der Waals surface area contributed by atoms with E-state index in [1.165, 1.54) is 19.1 Å². The monoisotopic (exact) mass is 522 g/mol. The van der Waals surface area contributed by atoms with Crippen LogP contribution in [0.15, 0.2) is 54.6 Å². The molecule has 0 aliphatic carbocycles. The number of methoxy groups -OCH3 is 2. The Morgan fingerprint density at radius 2 is 1.73 bits per heavy atom. The maximum absolute atomic E-state index is 13.2. The first-order chi connectivity index (χ1) is 14.4. The number of carbonyl (C=O) groups is 3. The van der Waals surface area contributed by atoms with Crippen molar-refractivity contribution >= 4 is 46.0 Å². The molecule has 1 aliphatic heterocycles. The van der Waals surface area contributed by atoms with E-state index in [1.54, 1.807) is 12.1 Å². The van der Waals surface area contributed by atoms with Gasteiger partial charge in [0, 0.05) is 17.8 Å². The molecule has 2 aromatic rings. The molecule has 0 bridgehead atoms. The van der Waals surface area contributed by atoms with E-state index >= 15 is 0 Å². The standard InChI is InChI=1S/C22H23IN2O5/c1-29-21(30-2)14-24(19(26)12-15-6-4-3-5-7-15)18-13-20(27)25(22(18)28)17-10-8-16(23)9-11-17/h3-11,18,21H,12-14H2,1-2H3. The molecule has 3 rings (SSSR count). The van der Waals surface area contributed by atoms with Crippen molar-refractivity contribution in [1.29, 1.82) is 0 Å². The van der Waals surface area contributed by atoms with Gasteiger partial charge in [-0.1, -0.05) is 30.3 Å². The van der Waals surface area contributed by atoms with Gasteiger partial charge in [-0.05, 0) is 52.4 Å². The number of halogens is 1. The summed E-state index contributed by atoms with van der Waals surface area (Å²) < 4.78 is 11.5. The number of amides is 3. The number of benzene rings is 2. The highest BCUT2D eigenvalue weighted by molar-refractivity contribution is 14.1. The molecule has 1 aliphatic rings. The van der Waals surface area contributed by atoms with E-state index in [-0.39, 0.29) is 31.2 Å². The zero-order valence-corrected chi connectivity index (χ0v) is 18.9. The van der Waals surface area contributed by atoms with Crippen molar-refractivity contribution in [3.63, 3.8) is 0 Å². The van der Waals surface area contributed by atoms with E-state index in [4.69, 9.17) is 9.47 Å². The SMILES string of the molecule is COC(CN(C(=O)Cc1ccccc1)C1CC(=O)N(c2ccc(I)cc2)C1=O)OC. The van der Waals surface area contributed by atoms with Crippen LogP contribution in [0.4, 0.5) is 5.69 Å². The van der Waals surface area contributed by atoms with Gasteiger partial charge in [-0.15, -0.1) is 0 Å². The number of hydrogen-bond donors (Lipinski definition) is 0. The molecule has 1 atom stereocenters. The zero-order valence-electron chi connectivity index (χ0n) is 16.8. The minimum absolute atomic E-state index is 0.0445. The molecule has 0 saturated carbocycles. The molecule has 1 unspecified atom stereocenters. The van der Waals surface area contributed by atoms with Gasteiger partial charge in [0.15, 0.2) is 6.29 Å². The number of ether oxygens (including phenoxy) is 2. The summed E-state index contributed by atoms with van der Waals surface area (Å²) in [5.41, 5.74) is 1.32. The van der Waals surface area contributed by atoms with Crippen molar-refractivity contribution in [2.75, 3.05) is 25.7 Å². The number of imide groups is 1. The largest absolute Gasteiger partial charge is 0.354 e. The number of hydrogen-bond acceptors (Lipinski definition) is 5. The van der Waals surface area contributed by atoms with Crippen LogP contribution in [0.5, 0.6) is 0 Å². The number of rotatable bonds is 8. The van der Waals surface area contributed by atoms with Gasteiger partial charge in [-0.2, -0.15) is 0 Å². The molecule has 158 valence electrons. The van der Waals surface area contributed by atoms with Crippen LogP contribution < -0.4 is 4.90 Å². The van der Waals surface area contributed by atoms with E-state index in [0.29, 0.717) is 5.69 Å². The van der Waals surface area contributed by atoms with E-state index in [2.05, 4.69) is 22.6 Å². The van der Waals surface area contributed by atoms with E-state index in [1.807, 2.05) is 42.5 Å². The molecule has 30 heavy (non-hydrogen) atoms. The second-order valence-corrected chi connectivity index (χ2v) is 8.12. The van der Waals surface area contributed by atoms with Gasteiger partial charge in [0.2, 0.25) is 11.8 Å². The second kappa shape index (κ2) is 10.1. The lowest BCUT2D eigenvalue weighted by Crippen LogP contribution is -2.49. The highest BCUT2D eigenvalue weighted by atomic mass is 127. The average Bonchev–Trinajstić information content (AvgIpc) is 3.04. The Balaban J connectivity index is 1.86. The van der Waals surface area contributed by atoms with Crippen LogP contribution in [-0.4, -0.2) is 55.7 Å². The zero-order chi connectivity index (χ0) is 21.7. The fourth-order valence-corrected chi connectivity index (χ4v) is 3.76. The molecule has 2 aromatic carbocycles. The summed E-state index contributed by atoms with van der Waals surface area (Å²) in [5, 5.41) is 0. The highest BCUT2D eigenvalue weighted by Crippen LogP contribution is 2.27. The third-order valence-corrected chi connectivity index (χ3v) is 5.69. The Bertz CT molecular complexity index is 900. The Morgan fingerprint density at radius 3 is 2.33 bits per heavy atom. The maximum Gasteiger partial charge on any atom is 0.257 e. The summed E-state index contributed by atoms with van der Waals surface area (Å²) in [4.78, 5) is 41.6. The lowest BCUT2D eigenvalue weighted by molar-refractivity contribution is -0.152. The Morgan fingerprint density at radius 1 is 1.10 bits per heavy atom. The molecule has 1 heterocycles. The van der Waals surface area contributed by atoms with E-state index in [9.17, 15) is 14.4 Å². The topological polar surface area (TPSA) is 76.2 Å². The molecule has 1 fully saturated rings. The Labute approximate surface area is 189 Å². The molecule has 7 nitrogen and oxygen atoms in total. The first kappa shape index (κ1) is 22.4. The van der Waals surface area contributed by atoms with Gasteiger partial charge >= 0.3 is 0 Å². The summed E-state index contributed by atoms with van der Waals surface area (Å²) >= 11 is 2.16. The smallest absolute Gasteiger partial charge is 0.257 e. The predicted octanol–water partition coefficient (Wildman–Crippen LogP) is 2.61. The second-order valence-electron chi connectivity index (χ2n) is 6.87. The number of nitrogens with zero attached hydrogens (tertiary/aromatic N) is 2. The molecule has 0 aromatic heterocycles. The van der Waals surface area contributed by atoms with Crippen molar-refractivity contribution < 1.29 is 23.9 Å². The average molecular weight is 522 g/mol. The van der Waals surface area contributed by atoms with Crippen LogP contribution in [-0.2, 0) is 30.3 Å². The highest BCUT2D eigenvalue weighted by Gasteiger charge is 2.44. The van der Waals surface area contributed by atoms with Crippen molar-refractivity contribution in [2.24, 2.45) is 0 Å². The molecule has 0 radical (unpaired) electrons. The Kier molecular flexibility index (Phi) is 7.57. The third-order valence-electron chi connectivity index (χ3n) is 4.97. The summed E-state index contributed by atoms with van der Waals surface area (Å²) in [6.07, 6.45) is -0.673. The molecule has 3 amide bonds. The van der Waals surface area contributed by atoms with Crippen LogP contribution in [0.25, 0.3) is 0 Å². The molecule has 8 heteroatoms. The van der Waals surface area contributed by atoms with Crippen molar-refractivity contribution in [3.8, 4) is 0 Å². The fourth-order valence-electron chi connectivity index (χ4n) is 3.40. The third kappa shape index (κ3) is 5.05. The lowest BCUT2D eigenvalue weighted by Gasteiger charge is -2.30. The van der Waals surface area contributed by atoms with Crippen molar-refractivity contribution in [3.05, 3.63) is 63.7 Å². The van der Waals surface area contributed by atoms with Crippen LogP contribution in [0.1, 0.15) is 12.0 Å². The van der Waals surface area contributed by atoms with Gasteiger partial charge in [-0.3, -0.25) is 14.4 Å². The quantitative estimate of drug-likeness (QED) is 0.303. The lowest BCUT2D eigenvalue weighted by atomic mass is 10.1. The van der Waals surface area contributed by atoms with Crippen LogP contribution >= 0.6 is 22.6 Å². The predicted molar refractivity (Wildman–Crippen MR) is 120 cm³/mol. The van der Waals surface area contributed by atoms with Gasteiger partial charge in [0.05, 0.1) is 25.1 Å². The molecular formula is C22H23IN2O5. The minimum Gasteiger partial charge on any atom is -0.354 e. The number of anilines is 1. The van der Waals surface area contributed by atoms with Crippen LogP contribution in [0.2, 0.25) is 0 Å². The normalized spacial score (nSPS) is 16.4. The van der Waals surface area contributed by atoms with Crippen molar-refractivity contribution in [2.45, 2.75) is 25.2 Å². The van der Waals surface area contributed by atoms with Gasteiger partial charge < -0.3 is 14.4 Å². The maximum atomic E-state index is 13.2. The van der Waals surface area contributed by atoms with E-state index in [0.717, 1.165) is 14.0 Å². The van der Waals surface area contributed by atoms with E-state index < -0.39 is 18.2 Å². The van der Waals surface area contributed by atoms with Crippen molar-refractivity contribution in [1.82, 2.24) is 4.90 Å². The van der Waals surface area contributed by atoms with Crippen LogP contribution in [0.3, 0.4) is 0 Å². The summed E-state index contributed by atoms with van der Waals surface area (Å²) in [7, 11) is 2.93. The molecule has 0 spiro atoms. The van der Waals surface area contributed by atoms with Gasteiger partial charge in [0.1, 0.15) is 6.04 Å². The summed E-state index contributed by atoms with van der Waals surface area (Å²) in [5.74, 6) is -1.03. The summed E-state index contributed by atoms with van der Waals surface area (Å²) in [6, 6.07) is 15.5. The molecule has 1 saturated heterocycles. The first-order valence-corrected chi connectivity index (χ1v) is 10.5. The van der Waals surface area contributed by atoms with Gasteiger partial charge in [0.25, 0.3) is 5.91 Å². The van der Waals surface area contributed by atoms with Crippen LogP contribution in [0, 0.1) is 3.57 Å². The summed E-state index contributed by atoms with van der Waals surface area (Å²) in [6.45, 7) is 0.0445. The minimum atomic E-state index is -0.902. The molecule has 0 N–H and O–H groups in total. The number of carbonyl (C=O) groups excluding carboxylic acids is 3.